The molecule has 0 aliphatic carbocycles. The number of aryl methyl sites for hydroxylation is 1. The molecule has 0 saturated carbocycles. The minimum Gasteiger partial charge on any atom is -0.337 e. The molecular formula is C15H20N2S. The molecule has 3 heteroatoms. The molecule has 2 rings (SSSR count). The lowest BCUT2D eigenvalue weighted by Crippen LogP contribution is -2.17. The van der Waals surface area contributed by atoms with Gasteiger partial charge in [-0.1, -0.05) is 45.9 Å². The number of imidazole rings is 1. The predicted octanol–water partition coefficient (Wildman–Crippen LogP) is 4.39. The molecule has 0 amide bonds. The number of hydrogen-bond donors (Lipinski definition) is 1. The maximum absolute atomic E-state index is 5.44. The van der Waals surface area contributed by atoms with Crippen LogP contribution in [0, 0.1) is 4.77 Å². The third-order valence-electron chi connectivity index (χ3n) is 3.16. The zero-order valence-electron chi connectivity index (χ0n) is 11.4. The number of rotatable bonds is 2. The van der Waals surface area contributed by atoms with Crippen molar-refractivity contribution in [1.29, 1.82) is 0 Å². The highest BCUT2D eigenvalue weighted by Gasteiger charge is 2.20. The molecule has 0 fully saturated rings. The molecule has 0 radical (unpaired) electrons. The maximum atomic E-state index is 5.44. The van der Waals surface area contributed by atoms with Gasteiger partial charge in [0.25, 0.3) is 0 Å². The largest absolute Gasteiger partial charge is 0.337 e. The van der Waals surface area contributed by atoms with E-state index in [1.807, 2.05) is 6.20 Å². The molecule has 96 valence electrons. The summed E-state index contributed by atoms with van der Waals surface area (Å²) in [4.78, 5) is 3.17. The Bertz CT molecular complexity index is 599. The summed E-state index contributed by atoms with van der Waals surface area (Å²) >= 11 is 5.44. The van der Waals surface area contributed by atoms with E-state index in [-0.39, 0.29) is 5.41 Å². The second-order valence-electron chi connectivity index (χ2n) is 5.55. The van der Waals surface area contributed by atoms with E-state index in [1.54, 1.807) is 0 Å². The Balaban J connectivity index is 2.72. The molecule has 18 heavy (non-hydrogen) atoms. The number of aromatic amines is 1. The van der Waals surface area contributed by atoms with Crippen LogP contribution in [-0.2, 0) is 11.8 Å². The molecule has 1 aromatic carbocycles. The van der Waals surface area contributed by atoms with Gasteiger partial charge in [-0.25, -0.2) is 0 Å². The van der Waals surface area contributed by atoms with Crippen molar-refractivity contribution < 1.29 is 0 Å². The molecule has 0 unspecified atom stereocenters. The van der Waals surface area contributed by atoms with Gasteiger partial charge in [-0.3, -0.25) is 4.57 Å². The minimum absolute atomic E-state index is 0.0639. The lowest BCUT2D eigenvalue weighted by atomic mass is 9.92. The average molecular weight is 260 g/mol. The van der Waals surface area contributed by atoms with Crippen molar-refractivity contribution in [3.8, 4) is 5.69 Å². The van der Waals surface area contributed by atoms with Crippen LogP contribution < -0.4 is 0 Å². The molecule has 0 aliphatic rings. The Hall–Kier alpha value is -1.35. The van der Waals surface area contributed by atoms with E-state index < -0.39 is 0 Å². The number of hydrogen-bond acceptors (Lipinski definition) is 1. The molecule has 2 nitrogen and oxygen atoms in total. The quantitative estimate of drug-likeness (QED) is 0.794. The molecular weight excluding hydrogens is 240 g/mol. The molecule has 0 bridgehead atoms. The Kier molecular flexibility index (Phi) is 3.44. The third-order valence-corrected chi connectivity index (χ3v) is 3.46. The summed E-state index contributed by atoms with van der Waals surface area (Å²) in [7, 11) is 0. The number of nitrogens with one attached hydrogen (secondary N) is 1. The SMILES string of the molecule is CCc1ccccc1-n1c(C(C)(C)C)c[nH]c1=S. The first-order valence-electron chi connectivity index (χ1n) is 6.34. The molecule has 2 aromatic rings. The molecule has 0 atom stereocenters. The van der Waals surface area contributed by atoms with Crippen molar-refractivity contribution in [2.24, 2.45) is 0 Å². The second kappa shape index (κ2) is 4.73. The monoisotopic (exact) mass is 260 g/mol. The first kappa shape index (κ1) is 13.1. The van der Waals surface area contributed by atoms with Gasteiger partial charge in [0.1, 0.15) is 0 Å². The number of H-pyrrole nitrogens is 1. The topological polar surface area (TPSA) is 20.7 Å². The Morgan fingerprint density at radius 2 is 1.89 bits per heavy atom. The highest BCUT2D eigenvalue weighted by molar-refractivity contribution is 7.71. The summed E-state index contributed by atoms with van der Waals surface area (Å²) in [6, 6.07) is 8.44. The van der Waals surface area contributed by atoms with Crippen LogP contribution in [0.1, 0.15) is 39.0 Å². The fourth-order valence-corrected chi connectivity index (χ4v) is 2.44. The van der Waals surface area contributed by atoms with Gasteiger partial charge in [0.05, 0.1) is 5.69 Å². The van der Waals surface area contributed by atoms with Gasteiger partial charge in [0.15, 0.2) is 4.77 Å². The van der Waals surface area contributed by atoms with E-state index in [0.717, 1.165) is 11.2 Å². The van der Waals surface area contributed by atoms with Crippen LogP contribution in [0.15, 0.2) is 30.5 Å². The van der Waals surface area contributed by atoms with Gasteiger partial charge in [-0.05, 0) is 30.3 Å². The van der Waals surface area contributed by atoms with Gasteiger partial charge in [0, 0.05) is 17.3 Å². The normalized spacial score (nSPS) is 11.8. The Morgan fingerprint density at radius 3 is 2.50 bits per heavy atom. The van der Waals surface area contributed by atoms with Gasteiger partial charge < -0.3 is 4.98 Å². The van der Waals surface area contributed by atoms with Gasteiger partial charge >= 0.3 is 0 Å². The first-order chi connectivity index (χ1) is 8.45. The number of para-hydroxylation sites is 1. The highest BCUT2D eigenvalue weighted by atomic mass is 32.1. The van der Waals surface area contributed by atoms with Crippen LogP contribution in [0.5, 0.6) is 0 Å². The van der Waals surface area contributed by atoms with Crippen LogP contribution in [0.25, 0.3) is 5.69 Å². The van der Waals surface area contributed by atoms with Crippen molar-refractivity contribution in [3.05, 3.63) is 46.5 Å². The zero-order chi connectivity index (χ0) is 13.3. The summed E-state index contributed by atoms with van der Waals surface area (Å²) in [6.45, 7) is 8.79. The smallest absolute Gasteiger partial charge is 0.182 e. The van der Waals surface area contributed by atoms with Crippen molar-refractivity contribution >= 4 is 12.2 Å². The van der Waals surface area contributed by atoms with E-state index in [9.17, 15) is 0 Å². The summed E-state index contributed by atoms with van der Waals surface area (Å²) in [6.07, 6.45) is 3.03. The molecule has 0 saturated heterocycles. The molecule has 0 aliphatic heterocycles. The molecule has 0 spiro atoms. The van der Waals surface area contributed by atoms with Crippen LogP contribution >= 0.6 is 12.2 Å². The van der Waals surface area contributed by atoms with E-state index in [0.29, 0.717) is 0 Å². The predicted molar refractivity (Wildman–Crippen MR) is 79.0 cm³/mol. The van der Waals surface area contributed by atoms with Crippen molar-refractivity contribution in [2.75, 3.05) is 0 Å². The second-order valence-corrected chi connectivity index (χ2v) is 5.93. The van der Waals surface area contributed by atoms with Gasteiger partial charge in [0.2, 0.25) is 0 Å². The van der Waals surface area contributed by atoms with Crippen molar-refractivity contribution in [2.45, 2.75) is 39.5 Å². The van der Waals surface area contributed by atoms with Crippen LogP contribution in [0.3, 0.4) is 0 Å². The fourth-order valence-electron chi connectivity index (χ4n) is 2.19. The summed E-state index contributed by atoms with van der Waals surface area (Å²) in [5, 5.41) is 0. The summed E-state index contributed by atoms with van der Waals surface area (Å²) in [5.74, 6) is 0. The fraction of sp³-hybridized carbons (Fsp3) is 0.400. The lowest BCUT2D eigenvalue weighted by Gasteiger charge is -2.22. The lowest BCUT2D eigenvalue weighted by molar-refractivity contribution is 0.555. The van der Waals surface area contributed by atoms with E-state index in [2.05, 4.69) is 61.5 Å². The number of benzene rings is 1. The average Bonchev–Trinajstić information content (AvgIpc) is 2.70. The van der Waals surface area contributed by atoms with E-state index >= 15 is 0 Å². The Labute approximate surface area is 114 Å². The standard InChI is InChI=1S/C15H20N2S/c1-5-11-8-6-7-9-12(11)17-13(15(2,3)4)10-16-14(17)18/h6-10H,5H2,1-4H3,(H,16,18). The van der Waals surface area contributed by atoms with Crippen molar-refractivity contribution in [3.63, 3.8) is 0 Å². The molecule has 1 N–H and O–H groups in total. The van der Waals surface area contributed by atoms with E-state index in [1.165, 1.54) is 16.9 Å². The highest BCUT2D eigenvalue weighted by Crippen LogP contribution is 2.27. The summed E-state index contributed by atoms with van der Waals surface area (Å²) < 4.78 is 2.93. The Morgan fingerprint density at radius 1 is 1.22 bits per heavy atom. The van der Waals surface area contributed by atoms with Crippen LogP contribution in [0.2, 0.25) is 0 Å². The molecule has 1 heterocycles. The third kappa shape index (κ3) is 2.27. The number of nitrogens with zero attached hydrogens (tertiary/aromatic N) is 1. The first-order valence-corrected chi connectivity index (χ1v) is 6.75. The number of aromatic nitrogens is 2. The minimum atomic E-state index is 0.0639. The van der Waals surface area contributed by atoms with Crippen molar-refractivity contribution in [1.82, 2.24) is 9.55 Å². The molecule has 1 aromatic heterocycles. The maximum Gasteiger partial charge on any atom is 0.182 e. The van der Waals surface area contributed by atoms with Crippen LogP contribution in [-0.4, -0.2) is 9.55 Å². The summed E-state index contributed by atoms with van der Waals surface area (Å²) in [5.41, 5.74) is 3.79. The van der Waals surface area contributed by atoms with Crippen LogP contribution in [0.4, 0.5) is 0 Å². The van der Waals surface area contributed by atoms with Gasteiger partial charge in [-0.2, -0.15) is 0 Å². The zero-order valence-corrected chi connectivity index (χ0v) is 12.3. The van der Waals surface area contributed by atoms with E-state index in [4.69, 9.17) is 12.2 Å². The van der Waals surface area contributed by atoms with Gasteiger partial charge in [-0.15, -0.1) is 0 Å².